The molecule has 0 amide bonds. The fraction of sp³-hybridized carbons (Fsp3) is 0.143. The second kappa shape index (κ2) is 6.53. The minimum absolute atomic E-state index is 0.0520. The number of hydrogen-bond donors (Lipinski definition) is 2. The molecule has 2 rings (SSSR count). The molecule has 0 unspecified atom stereocenters. The van der Waals surface area contributed by atoms with Crippen LogP contribution < -0.4 is 14.2 Å². The highest BCUT2D eigenvalue weighted by atomic mass is 32.2. The van der Waals surface area contributed by atoms with Gasteiger partial charge in [-0.2, -0.15) is 0 Å². The van der Waals surface area contributed by atoms with E-state index in [4.69, 9.17) is 14.6 Å². The molecule has 0 radical (unpaired) electrons. The van der Waals surface area contributed by atoms with Crippen LogP contribution in [0.1, 0.15) is 10.5 Å². The van der Waals surface area contributed by atoms with Crippen molar-refractivity contribution < 1.29 is 27.8 Å². The lowest BCUT2D eigenvalue weighted by Gasteiger charge is -2.11. The van der Waals surface area contributed by atoms with Crippen LogP contribution in [0.3, 0.4) is 0 Å². The number of carboxylic acids is 1. The molecule has 23 heavy (non-hydrogen) atoms. The largest absolute Gasteiger partial charge is 0.493 e. The fourth-order valence-electron chi connectivity index (χ4n) is 1.81. The Morgan fingerprint density at radius 3 is 2.43 bits per heavy atom. The molecule has 0 aliphatic carbocycles. The summed E-state index contributed by atoms with van der Waals surface area (Å²) >= 11 is 0. The van der Waals surface area contributed by atoms with E-state index in [1.807, 2.05) is 0 Å². The summed E-state index contributed by atoms with van der Waals surface area (Å²) in [5, 5.41) is 8.88. The summed E-state index contributed by atoms with van der Waals surface area (Å²) in [6.07, 6.45) is 1.20. The van der Waals surface area contributed by atoms with Gasteiger partial charge in [-0.3, -0.25) is 4.72 Å². The lowest BCUT2D eigenvalue weighted by Crippen LogP contribution is -2.14. The van der Waals surface area contributed by atoms with Crippen LogP contribution in [0.25, 0.3) is 0 Å². The third-order valence-corrected chi connectivity index (χ3v) is 4.28. The average molecular weight is 338 g/mol. The zero-order valence-corrected chi connectivity index (χ0v) is 13.1. The van der Waals surface area contributed by atoms with Gasteiger partial charge in [-0.25, -0.2) is 18.2 Å². The summed E-state index contributed by atoms with van der Waals surface area (Å²) in [6, 6.07) is 6.59. The maximum atomic E-state index is 12.4. The van der Waals surface area contributed by atoms with Gasteiger partial charge in [0, 0.05) is 12.3 Å². The molecule has 8 nitrogen and oxygen atoms in total. The molecule has 2 aromatic rings. The van der Waals surface area contributed by atoms with E-state index in [0.717, 1.165) is 6.07 Å². The van der Waals surface area contributed by atoms with E-state index >= 15 is 0 Å². The number of sulfonamides is 1. The molecule has 0 aliphatic heterocycles. The number of hydrogen-bond acceptors (Lipinski definition) is 6. The van der Waals surface area contributed by atoms with Crippen molar-refractivity contribution in [1.82, 2.24) is 4.98 Å². The number of carbonyl (C=O) groups is 1. The quantitative estimate of drug-likeness (QED) is 0.822. The Balaban J connectivity index is 2.35. The summed E-state index contributed by atoms with van der Waals surface area (Å²) in [5.41, 5.74) is -0.176. The van der Waals surface area contributed by atoms with Crippen molar-refractivity contribution in [2.75, 3.05) is 18.9 Å². The maximum Gasteiger partial charge on any atom is 0.354 e. The standard InChI is InChI=1S/C14H14N2O6S/c1-21-12-4-3-10(8-13(12)22-2)23(19,20)16-9-5-6-15-11(7-9)14(17)18/h3-8H,1-2H3,(H,15,16)(H,17,18). The molecule has 0 saturated heterocycles. The third-order valence-electron chi connectivity index (χ3n) is 2.90. The van der Waals surface area contributed by atoms with Gasteiger partial charge in [0.25, 0.3) is 10.0 Å². The van der Waals surface area contributed by atoms with E-state index in [-0.39, 0.29) is 22.0 Å². The average Bonchev–Trinajstić information content (AvgIpc) is 2.53. The molecule has 1 aromatic heterocycles. The van der Waals surface area contributed by atoms with Crippen LogP contribution in [0.2, 0.25) is 0 Å². The Hall–Kier alpha value is -2.81. The number of methoxy groups -OCH3 is 2. The van der Waals surface area contributed by atoms with E-state index in [0.29, 0.717) is 5.75 Å². The van der Waals surface area contributed by atoms with Crippen molar-refractivity contribution in [2.24, 2.45) is 0 Å². The number of pyridine rings is 1. The van der Waals surface area contributed by atoms with Gasteiger partial charge < -0.3 is 14.6 Å². The topological polar surface area (TPSA) is 115 Å². The molecule has 0 spiro atoms. The predicted octanol–water partition coefficient (Wildman–Crippen LogP) is 1.60. The van der Waals surface area contributed by atoms with Crippen molar-refractivity contribution in [1.29, 1.82) is 0 Å². The molecule has 2 N–H and O–H groups in total. The van der Waals surface area contributed by atoms with Crippen molar-refractivity contribution in [3.05, 3.63) is 42.2 Å². The number of carboxylic acid groups (broad SMARTS) is 1. The van der Waals surface area contributed by atoms with E-state index in [9.17, 15) is 13.2 Å². The third kappa shape index (κ3) is 3.69. The lowest BCUT2D eigenvalue weighted by atomic mass is 10.3. The molecule has 0 atom stereocenters. The van der Waals surface area contributed by atoms with Gasteiger partial charge in [0.15, 0.2) is 11.5 Å². The minimum atomic E-state index is -3.92. The Bertz CT molecular complexity index is 835. The summed E-state index contributed by atoms with van der Waals surface area (Å²) in [5.74, 6) is -0.600. The van der Waals surface area contributed by atoms with Crippen LogP contribution in [-0.2, 0) is 10.0 Å². The summed E-state index contributed by atoms with van der Waals surface area (Å²) < 4.78 is 37.2. The molecule has 0 fully saturated rings. The number of ether oxygens (including phenoxy) is 2. The van der Waals surface area contributed by atoms with Gasteiger partial charge in [-0.05, 0) is 24.3 Å². The number of aromatic carboxylic acids is 1. The van der Waals surface area contributed by atoms with Crippen LogP contribution in [0.5, 0.6) is 11.5 Å². The number of benzene rings is 1. The normalized spacial score (nSPS) is 10.9. The fourth-order valence-corrected chi connectivity index (χ4v) is 2.87. The number of anilines is 1. The molecule has 1 heterocycles. The highest BCUT2D eigenvalue weighted by Gasteiger charge is 2.18. The minimum Gasteiger partial charge on any atom is -0.493 e. The van der Waals surface area contributed by atoms with E-state index in [2.05, 4.69) is 9.71 Å². The predicted molar refractivity (Wildman–Crippen MR) is 81.6 cm³/mol. The van der Waals surface area contributed by atoms with Crippen molar-refractivity contribution in [3.63, 3.8) is 0 Å². The van der Waals surface area contributed by atoms with Gasteiger partial charge in [-0.1, -0.05) is 0 Å². The lowest BCUT2D eigenvalue weighted by molar-refractivity contribution is 0.0690. The number of nitrogens with one attached hydrogen (secondary N) is 1. The van der Waals surface area contributed by atoms with Gasteiger partial charge >= 0.3 is 5.97 Å². The maximum absolute atomic E-state index is 12.4. The molecular formula is C14H14N2O6S. The van der Waals surface area contributed by atoms with Crippen molar-refractivity contribution >= 4 is 21.7 Å². The molecule has 0 bridgehead atoms. The highest BCUT2D eigenvalue weighted by Crippen LogP contribution is 2.30. The second-order valence-corrected chi connectivity index (χ2v) is 6.04. The van der Waals surface area contributed by atoms with Crippen LogP contribution in [0.15, 0.2) is 41.4 Å². The van der Waals surface area contributed by atoms with Gasteiger partial charge in [0.05, 0.1) is 24.8 Å². The summed E-state index contributed by atoms with van der Waals surface area (Å²) in [7, 11) is -1.09. The van der Waals surface area contributed by atoms with E-state index in [1.54, 1.807) is 0 Å². The van der Waals surface area contributed by atoms with Crippen molar-refractivity contribution in [3.8, 4) is 11.5 Å². The molecular weight excluding hydrogens is 324 g/mol. The van der Waals surface area contributed by atoms with Crippen molar-refractivity contribution in [2.45, 2.75) is 4.90 Å². The first-order valence-electron chi connectivity index (χ1n) is 6.31. The van der Waals surface area contributed by atoms with Crippen LogP contribution in [0.4, 0.5) is 5.69 Å². The van der Waals surface area contributed by atoms with Gasteiger partial charge in [0.2, 0.25) is 0 Å². The number of aromatic nitrogens is 1. The number of rotatable bonds is 6. The summed E-state index contributed by atoms with van der Waals surface area (Å²) in [4.78, 5) is 14.4. The molecule has 0 aliphatic rings. The first-order chi connectivity index (χ1) is 10.9. The zero-order chi connectivity index (χ0) is 17.0. The summed E-state index contributed by atoms with van der Waals surface area (Å²) in [6.45, 7) is 0. The smallest absolute Gasteiger partial charge is 0.354 e. The molecule has 1 aromatic carbocycles. The molecule has 122 valence electrons. The Labute approximate surface area is 132 Å². The van der Waals surface area contributed by atoms with Gasteiger partial charge in [0.1, 0.15) is 5.69 Å². The SMILES string of the molecule is COc1ccc(S(=O)(=O)Nc2ccnc(C(=O)O)c2)cc1OC. The highest BCUT2D eigenvalue weighted by molar-refractivity contribution is 7.92. The zero-order valence-electron chi connectivity index (χ0n) is 12.3. The Kier molecular flexibility index (Phi) is 4.70. The van der Waals surface area contributed by atoms with Gasteiger partial charge in [-0.15, -0.1) is 0 Å². The van der Waals surface area contributed by atoms with E-state index in [1.165, 1.54) is 44.7 Å². The first kappa shape index (κ1) is 16.6. The van der Waals surface area contributed by atoms with Crippen LogP contribution >= 0.6 is 0 Å². The van der Waals surface area contributed by atoms with Crippen LogP contribution in [-0.4, -0.2) is 38.7 Å². The Morgan fingerprint density at radius 1 is 1.13 bits per heavy atom. The van der Waals surface area contributed by atoms with Crippen LogP contribution in [0, 0.1) is 0 Å². The Morgan fingerprint density at radius 2 is 1.83 bits per heavy atom. The first-order valence-corrected chi connectivity index (χ1v) is 7.80. The molecule has 0 saturated carbocycles. The van der Waals surface area contributed by atoms with E-state index < -0.39 is 16.0 Å². The number of nitrogens with zero attached hydrogens (tertiary/aromatic N) is 1. The monoisotopic (exact) mass is 338 g/mol. The molecule has 9 heteroatoms. The second-order valence-electron chi connectivity index (χ2n) is 4.36.